The Morgan fingerprint density at radius 1 is 1.37 bits per heavy atom. The van der Waals surface area contributed by atoms with Gasteiger partial charge in [0.15, 0.2) is 5.96 Å². The fraction of sp³-hybridized carbons (Fsp3) is 0.857. The highest BCUT2D eigenvalue weighted by Crippen LogP contribution is 2.24. The lowest BCUT2D eigenvalue weighted by Gasteiger charge is -2.24. The zero-order chi connectivity index (χ0) is 14.6. The summed E-state index contributed by atoms with van der Waals surface area (Å²) in [6, 6.07) is 0. The van der Waals surface area contributed by atoms with Gasteiger partial charge < -0.3 is 10.2 Å². The Bertz CT molecular complexity index is 340. The first kappa shape index (κ1) is 16.0. The minimum Gasteiger partial charge on any atom is -0.342 e. The van der Waals surface area contributed by atoms with Crippen LogP contribution in [-0.4, -0.2) is 54.4 Å². The Morgan fingerprint density at radius 3 is 2.53 bits per heavy atom. The summed E-state index contributed by atoms with van der Waals surface area (Å²) in [6.07, 6.45) is 2.75. The first-order chi connectivity index (χ1) is 8.76. The smallest absolute Gasteiger partial charge is 0.254 e. The maximum atomic E-state index is 12.4. The number of guanidine groups is 1. The second-order valence-corrected chi connectivity index (χ2v) is 6.37. The molecule has 0 aromatic carbocycles. The van der Waals surface area contributed by atoms with Gasteiger partial charge in [-0.1, -0.05) is 13.8 Å². The molecule has 1 aliphatic rings. The van der Waals surface area contributed by atoms with Gasteiger partial charge in [0.1, 0.15) is 5.54 Å². The van der Waals surface area contributed by atoms with Crippen molar-refractivity contribution in [3.63, 3.8) is 0 Å². The van der Waals surface area contributed by atoms with Gasteiger partial charge in [-0.3, -0.25) is 15.1 Å². The van der Waals surface area contributed by atoms with Gasteiger partial charge in [-0.05, 0) is 52.7 Å². The Balaban J connectivity index is 2.52. The summed E-state index contributed by atoms with van der Waals surface area (Å²) >= 11 is 0. The van der Waals surface area contributed by atoms with E-state index in [4.69, 9.17) is 5.41 Å². The van der Waals surface area contributed by atoms with Gasteiger partial charge in [0.25, 0.3) is 5.91 Å². The summed E-state index contributed by atoms with van der Waals surface area (Å²) in [5.74, 6) is 0.747. The third-order valence-corrected chi connectivity index (χ3v) is 3.43. The minimum atomic E-state index is -0.590. The van der Waals surface area contributed by atoms with Crippen LogP contribution >= 0.6 is 0 Å². The van der Waals surface area contributed by atoms with E-state index in [0.29, 0.717) is 12.5 Å². The van der Waals surface area contributed by atoms with Gasteiger partial charge in [0.2, 0.25) is 0 Å². The van der Waals surface area contributed by atoms with Gasteiger partial charge in [0, 0.05) is 6.54 Å². The molecule has 1 unspecified atom stereocenters. The number of unbranched alkanes of at least 4 members (excludes halogenated alkanes) is 1. The quantitative estimate of drug-likeness (QED) is 0.688. The van der Waals surface area contributed by atoms with Gasteiger partial charge in [-0.2, -0.15) is 0 Å². The summed E-state index contributed by atoms with van der Waals surface area (Å²) in [7, 11) is 4.09. The first-order valence-corrected chi connectivity index (χ1v) is 7.09. The third kappa shape index (κ3) is 4.20. The Labute approximate surface area is 116 Å². The molecule has 0 bridgehead atoms. The number of nitrogens with one attached hydrogen (secondary N) is 2. The Hall–Kier alpha value is -1.10. The number of carbonyl (C=O) groups is 1. The van der Waals surface area contributed by atoms with Crippen molar-refractivity contribution in [3.05, 3.63) is 0 Å². The fourth-order valence-corrected chi connectivity index (χ4v) is 2.65. The highest BCUT2D eigenvalue weighted by Gasteiger charge is 2.45. The SMILES string of the molecule is CC(C)CC1(C)NC(=N)N(CCCCN(C)C)C1=O. The molecule has 1 rings (SSSR count). The van der Waals surface area contributed by atoms with E-state index in [1.807, 2.05) is 21.0 Å². The van der Waals surface area contributed by atoms with Gasteiger partial charge in [-0.25, -0.2) is 0 Å². The second kappa shape index (κ2) is 6.37. The molecule has 1 heterocycles. The monoisotopic (exact) mass is 268 g/mol. The summed E-state index contributed by atoms with van der Waals surface area (Å²) < 4.78 is 0. The summed E-state index contributed by atoms with van der Waals surface area (Å²) in [4.78, 5) is 16.1. The Morgan fingerprint density at radius 2 is 2.00 bits per heavy atom. The van der Waals surface area contributed by atoms with E-state index in [0.717, 1.165) is 25.8 Å². The maximum absolute atomic E-state index is 12.4. The average Bonchev–Trinajstić information content (AvgIpc) is 2.45. The minimum absolute atomic E-state index is 0.0519. The van der Waals surface area contributed by atoms with E-state index in [-0.39, 0.29) is 11.9 Å². The number of nitrogens with zero attached hydrogens (tertiary/aromatic N) is 2. The fourth-order valence-electron chi connectivity index (χ4n) is 2.65. The molecule has 1 aliphatic heterocycles. The predicted octanol–water partition coefficient (Wildman–Crippen LogP) is 1.50. The van der Waals surface area contributed by atoms with Crippen LogP contribution in [0.25, 0.3) is 0 Å². The highest BCUT2D eigenvalue weighted by molar-refractivity contribution is 6.07. The Kier molecular flexibility index (Phi) is 5.35. The second-order valence-electron chi connectivity index (χ2n) is 6.37. The van der Waals surface area contributed by atoms with Crippen LogP contribution in [0.3, 0.4) is 0 Å². The molecule has 0 aromatic heterocycles. The third-order valence-electron chi connectivity index (χ3n) is 3.43. The lowest BCUT2D eigenvalue weighted by atomic mass is 9.91. The first-order valence-electron chi connectivity index (χ1n) is 7.09. The molecule has 1 atom stereocenters. The van der Waals surface area contributed by atoms with Crippen LogP contribution in [0.2, 0.25) is 0 Å². The zero-order valence-electron chi connectivity index (χ0n) is 12.9. The maximum Gasteiger partial charge on any atom is 0.254 e. The molecule has 0 aromatic rings. The number of hydrogen-bond acceptors (Lipinski definition) is 3. The van der Waals surface area contributed by atoms with Crippen molar-refractivity contribution >= 4 is 11.9 Å². The molecule has 19 heavy (non-hydrogen) atoms. The van der Waals surface area contributed by atoms with Gasteiger partial charge in [-0.15, -0.1) is 0 Å². The molecule has 2 N–H and O–H groups in total. The molecule has 0 aliphatic carbocycles. The van der Waals surface area contributed by atoms with E-state index in [1.54, 1.807) is 4.90 Å². The molecule has 110 valence electrons. The largest absolute Gasteiger partial charge is 0.342 e. The normalized spacial score (nSPS) is 23.6. The van der Waals surface area contributed by atoms with Crippen LogP contribution in [0.5, 0.6) is 0 Å². The summed E-state index contributed by atoms with van der Waals surface area (Å²) in [6.45, 7) is 7.77. The lowest BCUT2D eigenvalue weighted by molar-refractivity contribution is -0.131. The average molecular weight is 268 g/mol. The molecule has 0 saturated carbocycles. The molecular weight excluding hydrogens is 240 g/mol. The zero-order valence-corrected chi connectivity index (χ0v) is 12.9. The number of carbonyl (C=O) groups excluding carboxylic acids is 1. The van der Waals surface area contributed by atoms with E-state index >= 15 is 0 Å². The van der Waals surface area contributed by atoms with Crippen LogP contribution in [0.4, 0.5) is 0 Å². The molecule has 5 heteroatoms. The molecule has 1 amide bonds. The van der Waals surface area contributed by atoms with Crippen molar-refractivity contribution in [2.45, 2.75) is 45.6 Å². The van der Waals surface area contributed by atoms with E-state index < -0.39 is 5.54 Å². The van der Waals surface area contributed by atoms with Crippen molar-refractivity contribution in [1.82, 2.24) is 15.1 Å². The van der Waals surface area contributed by atoms with Crippen molar-refractivity contribution in [2.75, 3.05) is 27.2 Å². The van der Waals surface area contributed by atoms with Gasteiger partial charge >= 0.3 is 0 Å². The van der Waals surface area contributed by atoms with Crippen LogP contribution in [-0.2, 0) is 4.79 Å². The summed E-state index contributed by atoms with van der Waals surface area (Å²) in [5.41, 5.74) is -0.590. The van der Waals surface area contributed by atoms with E-state index in [9.17, 15) is 4.79 Å². The number of amides is 1. The molecule has 5 nitrogen and oxygen atoms in total. The summed E-state index contributed by atoms with van der Waals surface area (Å²) in [5, 5.41) is 11.0. The van der Waals surface area contributed by atoms with E-state index in [1.165, 1.54) is 0 Å². The van der Waals surface area contributed by atoms with Crippen molar-refractivity contribution in [3.8, 4) is 0 Å². The highest BCUT2D eigenvalue weighted by atomic mass is 16.2. The van der Waals surface area contributed by atoms with E-state index in [2.05, 4.69) is 24.1 Å². The van der Waals surface area contributed by atoms with Crippen molar-refractivity contribution < 1.29 is 4.79 Å². The van der Waals surface area contributed by atoms with Crippen LogP contribution in [0, 0.1) is 11.3 Å². The predicted molar refractivity (Wildman–Crippen MR) is 78.2 cm³/mol. The van der Waals surface area contributed by atoms with Crippen LogP contribution in [0.1, 0.15) is 40.0 Å². The van der Waals surface area contributed by atoms with Crippen LogP contribution < -0.4 is 5.32 Å². The molecule has 1 saturated heterocycles. The number of rotatable bonds is 7. The number of hydrogen-bond donors (Lipinski definition) is 2. The molecule has 1 fully saturated rings. The standard InChI is InChI=1S/C14H28N4O/c1-11(2)10-14(3)12(19)18(13(15)16-14)9-7-6-8-17(4)5/h11H,6-10H2,1-5H3,(H2,15,16). The molecule has 0 spiro atoms. The van der Waals surface area contributed by atoms with Crippen molar-refractivity contribution in [2.24, 2.45) is 5.92 Å². The lowest BCUT2D eigenvalue weighted by Crippen LogP contribution is -2.45. The van der Waals surface area contributed by atoms with Crippen LogP contribution in [0.15, 0.2) is 0 Å². The topological polar surface area (TPSA) is 59.4 Å². The molecular formula is C14H28N4O. The van der Waals surface area contributed by atoms with Crippen molar-refractivity contribution in [1.29, 1.82) is 5.41 Å². The van der Waals surface area contributed by atoms with Gasteiger partial charge in [0.05, 0.1) is 0 Å². The molecule has 0 radical (unpaired) electrons.